The van der Waals surface area contributed by atoms with E-state index >= 15 is 0 Å². The Hall–Kier alpha value is -1.82. The number of hydrogen-bond donors (Lipinski definition) is 3. The van der Waals surface area contributed by atoms with Gasteiger partial charge in [-0.2, -0.15) is 4.98 Å². The Morgan fingerprint density at radius 1 is 1.52 bits per heavy atom. The lowest BCUT2D eigenvalue weighted by atomic mass is 9.96. The van der Waals surface area contributed by atoms with Crippen LogP contribution in [0.3, 0.4) is 0 Å². The third kappa shape index (κ3) is 5.16. The first-order valence-corrected chi connectivity index (χ1v) is 11.6. The van der Waals surface area contributed by atoms with Gasteiger partial charge < -0.3 is 20.3 Å². The summed E-state index contributed by atoms with van der Waals surface area (Å²) in [6.45, 7) is 6.93. The number of hydrogen-bond acceptors (Lipinski definition) is 10. The van der Waals surface area contributed by atoms with Gasteiger partial charge in [0, 0.05) is 6.20 Å². The molecule has 13 heteroatoms. The molecule has 2 saturated heterocycles. The van der Waals surface area contributed by atoms with Crippen LogP contribution < -0.4 is 16.5 Å². The smallest absolute Gasteiger partial charge is 0.406 e. The van der Waals surface area contributed by atoms with Crippen molar-refractivity contribution in [2.24, 2.45) is 5.92 Å². The molecule has 3 rings (SSSR count). The molecule has 12 nitrogen and oxygen atoms in total. The number of fused-ring (bicyclic) bond motifs is 1. The summed E-state index contributed by atoms with van der Waals surface area (Å²) in [7, 11) is -3.98. The van der Waals surface area contributed by atoms with Gasteiger partial charge in [0.25, 0.3) is 0 Å². The van der Waals surface area contributed by atoms with E-state index in [0.29, 0.717) is 12.3 Å². The molecule has 2 aliphatic rings. The van der Waals surface area contributed by atoms with Crippen molar-refractivity contribution in [3.8, 4) is 0 Å². The molecule has 6 atom stereocenters. The van der Waals surface area contributed by atoms with Crippen molar-refractivity contribution in [3.63, 3.8) is 0 Å². The summed E-state index contributed by atoms with van der Waals surface area (Å²) in [6.07, 6.45) is -1.03. The average Bonchev–Trinajstić information content (AvgIpc) is 2.91. The fraction of sp³-hybridized carbons (Fsp3) is 0.722. The van der Waals surface area contributed by atoms with Gasteiger partial charge in [-0.05, 0) is 32.3 Å². The number of aromatic nitrogens is 2. The molecule has 4 N–H and O–H groups in total. The van der Waals surface area contributed by atoms with Gasteiger partial charge in [0.2, 0.25) is 0 Å². The van der Waals surface area contributed by atoms with Crippen LogP contribution in [0, 0.1) is 5.92 Å². The molecule has 2 fully saturated rings. The van der Waals surface area contributed by atoms with E-state index in [1.54, 1.807) is 0 Å². The van der Waals surface area contributed by atoms with Gasteiger partial charge in [-0.25, -0.2) is 14.4 Å². The molecule has 0 aromatic carbocycles. The van der Waals surface area contributed by atoms with Crippen molar-refractivity contribution in [1.29, 1.82) is 0 Å². The van der Waals surface area contributed by atoms with Crippen LogP contribution in [0.1, 0.15) is 40.3 Å². The van der Waals surface area contributed by atoms with Crippen LogP contribution >= 0.6 is 7.75 Å². The number of rotatable bonds is 7. The second kappa shape index (κ2) is 8.97. The number of carbonyl (C=O) groups is 1. The summed E-state index contributed by atoms with van der Waals surface area (Å²) in [6, 6.07) is 0.417. The Bertz CT molecular complexity index is 920. The summed E-state index contributed by atoms with van der Waals surface area (Å²) in [5, 5.41) is 13.6. The third-order valence-electron chi connectivity index (χ3n) is 5.13. The molecule has 0 aliphatic carbocycles. The molecule has 0 unspecified atom stereocenters. The monoisotopic (exact) mass is 460 g/mol. The maximum absolute atomic E-state index is 13.1. The summed E-state index contributed by atoms with van der Waals surface area (Å²) in [4.78, 5) is 28.0. The van der Waals surface area contributed by atoms with Crippen molar-refractivity contribution >= 4 is 19.5 Å². The second-order valence-electron chi connectivity index (χ2n) is 8.32. The largest absolute Gasteiger partial charge is 0.465 e. The van der Waals surface area contributed by atoms with E-state index in [9.17, 15) is 19.3 Å². The molecule has 0 radical (unpaired) electrons. The summed E-state index contributed by atoms with van der Waals surface area (Å²) in [5.74, 6) is -0.200. The van der Waals surface area contributed by atoms with Crippen LogP contribution in [0.25, 0.3) is 0 Å². The Labute approximate surface area is 179 Å². The maximum Gasteiger partial charge on any atom is 0.406 e. The summed E-state index contributed by atoms with van der Waals surface area (Å²) in [5.41, 5.74) is 3.03. The number of nitrogens with zero attached hydrogens (tertiary/aromatic N) is 2. The predicted octanol–water partition coefficient (Wildman–Crippen LogP) is 0.565. The van der Waals surface area contributed by atoms with E-state index in [2.05, 4.69) is 10.1 Å². The minimum Gasteiger partial charge on any atom is -0.465 e. The highest BCUT2D eigenvalue weighted by Crippen LogP contribution is 2.55. The predicted molar refractivity (Wildman–Crippen MR) is 109 cm³/mol. The number of nitrogens with one attached hydrogen (secondary N) is 1. The van der Waals surface area contributed by atoms with Crippen molar-refractivity contribution < 1.29 is 33.0 Å². The number of aliphatic hydroxyl groups is 1. The SMILES string of the molecule is CC(C)CCOC(=O)[C@H](C)N[P@]1(=O)OC[C@H]2O[C@@H](n3ccc(N)nc3=O)[C@](C)(O)[C@@H]2O1. The van der Waals surface area contributed by atoms with E-state index in [4.69, 9.17) is 24.3 Å². The fourth-order valence-electron chi connectivity index (χ4n) is 3.37. The van der Waals surface area contributed by atoms with E-state index < -0.39 is 49.5 Å². The lowest BCUT2D eigenvalue weighted by Gasteiger charge is -2.36. The zero-order valence-corrected chi connectivity index (χ0v) is 18.8. The lowest BCUT2D eigenvalue weighted by Crippen LogP contribution is -2.50. The first kappa shape index (κ1) is 23.8. The quantitative estimate of drug-likeness (QED) is 0.385. The molecule has 31 heavy (non-hydrogen) atoms. The minimum atomic E-state index is -3.98. The van der Waals surface area contributed by atoms with E-state index in [1.807, 2.05) is 13.8 Å². The van der Waals surface area contributed by atoms with E-state index in [0.717, 1.165) is 4.57 Å². The van der Waals surface area contributed by atoms with E-state index in [1.165, 1.54) is 26.1 Å². The van der Waals surface area contributed by atoms with Gasteiger partial charge in [-0.1, -0.05) is 13.8 Å². The van der Waals surface area contributed by atoms with Crippen LogP contribution in [0.2, 0.25) is 0 Å². The standard InChI is InChI=1S/C18H29N4O8P/c1-10(2)6-8-27-15(23)11(3)21-31(26)28-9-12-14(30-31)18(4,25)16(29-12)22-7-5-13(19)20-17(22)24/h5,7,10-12,14,16,25H,6,8-9H2,1-4H3,(H,21,26)(H2,19,20,24)/t11-,12+,14+,16+,18+,31-/m0/s1. The maximum atomic E-state index is 13.1. The summed E-state index contributed by atoms with van der Waals surface area (Å²) >= 11 is 0. The minimum absolute atomic E-state index is 0.0267. The molecule has 2 aliphatic heterocycles. The number of carbonyl (C=O) groups excluding carboxylic acids is 1. The number of esters is 1. The van der Waals surface area contributed by atoms with E-state index in [-0.39, 0.29) is 19.0 Å². The second-order valence-corrected chi connectivity index (χ2v) is 10.0. The summed E-state index contributed by atoms with van der Waals surface area (Å²) < 4.78 is 36.0. The average molecular weight is 460 g/mol. The topological polar surface area (TPSA) is 164 Å². The molecule has 0 saturated carbocycles. The first-order chi connectivity index (χ1) is 14.4. The highest BCUT2D eigenvalue weighted by molar-refractivity contribution is 7.51. The van der Waals surface area contributed by atoms with Crippen molar-refractivity contribution in [3.05, 3.63) is 22.7 Å². The van der Waals surface area contributed by atoms with Crippen molar-refractivity contribution in [2.45, 2.75) is 64.2 Å². The Morgan fingerprint density at radius 3 is 2.87 bits per heavy atom. The van der Waals surface area contributed by atoms with Gasteiger partial charge in [-0.15, -0.1) is 0 Å². The van der Waals surface area contributed by atoms with Crippen LogP contribution in [0.15, 0.2) is 17.1 Å². The van der Waals surface area contributed by atoms with Crippen LogP contribution in [0.4, 0.5) is 5.82 Å². The molecule has 0 bridgehead atoms. The zero-order valence-electron chi connectivity index (χ0n) is 17.9. The molecule has 0 amide bonds. The van der Waals surface area contributed by atoms with Gasteiger partial charge in [0.15, 0.2) is 6.23 Å². The van der Waals surface area contributed by atoms with Crippen molar-refractivity contribution in [2.75, 3.05) is 18.9 Å². The number of nitrogens with two attached hydrogens (primary N) is 1. The fourth-order valence-corrected chi connectivity index (χ4v) is 5.14. The highest BCUT2D eigenvalue weighted by atomic mass is 31.2. The van der Waals surface area contributed by atoms with Gasteiger partial charge in [0.05, 0.1) is 13.2 Å². The molecule has 0 spiro atoms. The Kier molecular flexibility index (Phi) is 6.90. The molecule has 3 heterocycles. The van der Waals surface area contributed by atoms with Crippen LogP contribution in [-0.4, -0.2) is 57.7 Å². The molecule has 1 aromatic heterocycles. The van der Waals surface area contributed by atoms with Crippen LogP contribution in [-0.2, 0) is 27.9 Å². The van der Waals surface area contributed by atoms with Gasteiger partial charge >= 0.3 is 19.4 Å². The Morgan fingerprint density at radius 2 is 2.23 bits per heavy atom. The number of anilines is 1. The molecular weight excluding hydrogens is 431 g/mol. The molecular formula is C18H29N4O8P. The zero-order chi connectivity index (χ0) is 23.0. The molecule has 174 valence electrons. The normalized spacial score (nSPS) is 33.8. The molecule has 1 aromatic rings. The third-order valence-corrected chi connectivity index (χ3v) is 6.82. The highest BCUT2D eigenvalue weighted by Gasteiger charge is 2.60. The van der Waals surface area contributed by atoms with Gasteiger partial charge in [-0.3, -0.25) is 18.4 Å². The first-order valence-electron chi connectivity index (χ1n) is 10.0. The Balaban J connectivity index is 1.69. The lowest BCUT2D eigenvalue weighted by molar-refractivity contribution is -0.145. The van der Waals surface area contributed by atoms with Crippen molar-refractivity contribution in [1.82, 2.24) is 14.6 Å². The van der Waals surface area contributed by atoms with Gasteiger partial charge in [0.1, 0.15) is 29.7 Å². The van der Waals surface area contributed by atoms with Crippen LogP contribution in [0.5, 0.6) is 0 Å². The number of ether oxygens (including phenoxy) is 2. The number of nitrogen functional groups attached to an aromatic ring is 1.